The van der Waals surface area contributed by atoms with E-state index in [0.29, 0.717) is 16.6 Å². The highest BCUT2D eigenvalue weighted by atomic mass is 79.9. The Morgan fingerprint density at radius 3 is 2.43 bits per heavy atom. The second-order valence-electron chi connectivity index (χ2n) is 5.45. The summed E-state index contributed by atoms with van der Waals surface area (Å²) in [5, 5.41) is 2.58. The molecule has 23 heavy (non-hydrogen) atoms. The van der Waals surface area contributed by atoms with Crippen LogP contribution in [0.3, 0.4) is 0 Å². The number of hydrogen-bond acceptors (Lipinski definition) is 2. The van der Waals surface area contributed by atoms with Crippen molar-refractivity contribution >= 4 is 27.5 Å². The van der Waals surface area contributed by atoms with E-state index >= 15 is 0 Å². The Bertz CT molecular complexity index is 698. The minimum absolute atomic E-state index is 0.140. The van der Waals surface area contributed by atoms with Crippen LogP contribution < -0.4 is 10.1 Å². The van der Waals surface area contributed by atoms with E-state index in [1.165, 1.54) is 12.1 Å². The maximum atomic E-state index is 13.8. The van der Waals surface area contributed by atoms with Crippen LogP contribution in [0.15, 0.2) is 40.9 Å². The number of anilines is 1. The number of ether oxygens (including phenoxy) is 1. The summed E-state index contributed by atoms with van der Waals surface area (Å²) in [5.74, 6) is -0.220. The van der Waals surface area contributed by atoms with Crippen molar-refractivity contribution < 1.29 is 13.9 Å². The third-order valence-electron chi connectivity index (χ3n) is 3.33. The standard InChI is InChI=1S/C18H19BrFNO2/c1-4-17(23-14-8-11(2)7-12(3)9-14)18(22)21-16-6-5-13(19)10-15(16)20/h5-10,17H,4H2,1-3H3,(H,21,22)/t17-/m1/s1. The number of carbonyl (C=O) groups is 1. The van der Waals surface area contributed by atoms with Crippen molar-refractivity contribution in [2.75, 3.05) is 5.32 Å². The van der Waals surface area contributed by atoms with Gasteiger partial charge in [-0.2, -0.15) is 0 Å². The first kappa shape index (κ1) is 17.5. The minimum Gasteiger partial charge on any atom is -0.481 e. The van der Waals surface area contributed by atoms with Crippen LogP contribution in [-0.4, -0.2) is 12.0 Å². The van der Waals surface area contributed by atoms with Crippen molar-refractivity contribution in [2.24, 2.45) is 0 Å². The molecule has 1 N–H and O–H groups in total. The molecule has 0 heterocycles. The summed E-state index contributed by atoms with van der Waals surface area (Å²) >= 11 is 3.19. The van der Waals surface area contributed by atoms with Crippen LogP contribution in [0.1, 0.15) is 24.5 Å². The molecule has 2 aromatic carbocycles. The van der Waals surface area contributed by atoms with E-state index in [9.17, 15) is 9.18 Å². The maximum absolute atomic E-state index is 13.8. The summed E-state index contributed by atoms with van der Waals surface area (Å²) in [5.41, 5.74) is 2.27. The molecular weight excluding hydrogens is 361 g/mol. The predicted molar refractivity (Wildman–Crippen MR) is 93.4 cm³/mol. The number of amides is 1. The smallest absolute Gasteiger partial charge is 0.265 e. The first-order valence-electron chi connectivity index (χ1n) is 7.40. The van der Waals surface area contributed by atoms with Gasteiger partial charge in [0.05, 0.1) is 5.69 Å². The summed E-state index contributed by atoms with van der Waals surface area (Å²) in [6.07, 6.45) is -0.198. The molecule has 0 aliphatic carbocycles. The van der Waals surface area contributed by atoms with Gasteiger partial charge in [0.25, 0.3) is 5.91 Å². The lowest BCUT2D eigenvalue weighted by Crippen LogP contribution is -2.32. The van der Waals surface area contributed by atoms with Gasteiger partial charge in [-0.25, -0.2) is 4.39 Å². The van der Waals surface area contributed by atoms with E-state index in [-0.39, 0.29) is 11.6 Å². The number of carbonyl (C=O) groups excluding carboxylic acids is 1. The van der Waals surface area contributed by atoms with Gasteiger partial charge in [-0.15, -0.1) is 0 Å². The molecule has 122 valence electrons. The van der Waals surface area contributed by atoms with Gasteiger partial charge in [0.1, 0.15) is 11.6 Å². The maximum Gasteiger partial charge on any atom is 0.265 e. The van der Waals surface area contributed by atoms with Crippen LogP contribution in [0, 0.1) is 19.7 Å². The first-order chi connectivity index (χ1) is 10.9. The average Bonchev–Trinajstić information content (AvgIpc) is 2.46. The fourth-order valence-corrected chi connectivity index (χ4v) is 2.62. The van der Waals surface area contributed by atoms with Crippen LogP contribution in [0.4, 0.5) is 10.1 Å². The third kappa shape index (κ3) is 4.79. The highest BCUT2D eigenvalue weighted by Crippen LogP contribution is 2.22. The van der Waals surface area contributed by atoms with Crippen molar-refractivity contribution in [3.8, 4) is 5.75 Å². The van der Waals surface area contributed by atoms with Gasteiger partial charge >= 0.3 is 0 Å². The molecule has 0 aliphatic heterocycles. The molecule has 0 saturated heterocycles. The number of aryl methyl sites for hydroxylation is 2. The molecule has 5 heteroatoms. The number of hydrogen-bond donors (Lipinski definition) is 1. The van der Waals surface area contributed by atoms with Crippen LogP contribution >= 0.6 is 15.9 Å². The highest BCUT2D eigenvalue weighted by molar-refractivity contribution is 9.10. The Balaban J connectivity index is 2.12. The van der Waals surface area contributed by atoms with E-state index in [1.54, 1.807) is 6.07 Å². The predicted octanol–water partition coefficient (Wildman–Crippen LogP) is 5.00. The van der Waals surface area contributed by atoms with E-state index in [4.69, 9.17) is 4.74 Å². The molecule has 0 saturated carbocycles. The summed E-state index contributed by atoms with van der Waals surface area (Å²) in [7, 11) is 0. The van der Waals surface area contributed by atoms with Gasteiger partial charge in [0, 0.05) is 4.47 Å². The molecule has 0 bridgehead atoms. The molecular formula is C18H19BrFNO2. The fourth-order valence-electron chi connectivity index (χ4n) is 2.29. The van der Waals surface area contributed by atoms with Crippen molar-refractivity contribution in [3.05, 3.63) is 57.8 Å². The van der Waals surface area contributed by atoms with Gasteiger partial charge in [0.2, 0.25) is 0 Å². The minimum atomic E-state index is -0.681. The first-order valence-corrected chi connectivity index (χ1v) is 8.19. The molecule has 0 fully saturated rings. The quantitative estimate of drug-likeness (QED) is 0.793. The third-order valence-corrected chi connectivity index (χ3v) is 3.82. The monoisotopic (exact) mass is 379 g/mol. The molecule has 1 amide bonds. The summed E-state index contributed by atoms with van der Waals surface area (Å²) < 4.78 is 20.2. The van der Waals surface area contributed by atoms with E-state index in [2.05, 4.69) is 21.2 Å². The van der Waals surface area contributed by atoms with Gasteiger partial charge in [-0.05, 0) is 61.7 Å². The van der Waals surface area contributed by atoms with Gasteiger partial charge in [-0.1, -0.05) is 28.9 Å². The van der Waals surface area contributed by atoms with E-state index < -0.39 is 11.9 Å². The van der Waals surface area contributed by atoms with Crippen molar-refractivity contribution in [3.63, 3.8) is 0 Å². The number of nitrogens with one attached hydrogen (secondary N) is 1. The normalized spacial score (nSPS) is 11.9. The average molecular weight is 380 g/mol. The topological polar surface area (TPSA) is 38.3 Å². The lowest BCUT2D eigenvalue weighted by Gasteiger charge is -2.18. The summed E-state index contributed by atoms with van der Waals surface area (Å²) in [6.45, 7) is 5.79. The molecule has 0 unspecified atom stereocenters. The number of halogens is 2. The van der Waals surface area contributed by atoms with Crippen LogP contribution in [0.5, 0.6) is 5.75 Å². The molecule has 0 aliphatic rings. The zero-order chi connectivity index (χ0) is 17.0. The van der Waals surface area contributed by atoms with Gasteiger partial charge in [-0.3, -0.25) is 4.79 Å². The van der Waals surface area contributed by atoms with E-state index in [0.717, 1.165) is 11.1 Å². The zero-order valence-corrected chi connectivity index (χ0v) is 14.9. The zero-order valence-electron chi connectivity index (χ0n) is 13.3. The van der Waals surface area contributed by atoms with Crippen LogP contribution in [0.2, 0.25) is 0 Å². The molecule has 2 aromatic rings. The molecule has 0 spiro atoms. The van der Waals surface area contributed by atoms with Gasteiger partial charge < -0.3 is 10.1 Å². The van der Waals surface area contributed by atoms with Crippen molar-refractivity contribution in [1.29, 1.82) is 0 Å². The van der Waals surface area contributed by atoms with Crippen LogP contribution in [0.25, 0.3) is 0 Å². The Morgan fingerprint density at radius 1 is 1.22 bits per heavy atom. The second-order valence-corrected chi connectivity index (χ2v) is 6.37. The fraction of sp³-hybridized carbons (Fsp3) is 0.278. The molecule has 3 nitrogen and oxygen atoms in total. The van der Waals surface area contributed by atoms with Gasteiger partial charge in [0.15, 0.2) is 6.10 Å². The largest absolute Gasteiger partial charge is 0.481 e. The lowest BCUT2D eigenvalue weighted by molar-refractivity contribution is -0.122. The summed E-state index contributed by atoms with van der Waals surface area (Å²) in [6, 6.07) is 10.3. The lowest BCUT2D eigenvalue weighted by atomic mass is 10.1. The van der Waals surface area contributed by atoms with Crippen molar-refractivity contribution in [1.82, 2.24) is 0 Å². The molecule has 0 radical (unpaired) electrons. The Labute approximate surface area is 144 Å². The Morgan fingerprint density at radius 2 is 1.87 bits per heavy atom. The molecule has 0 aromatic heterocycles. The van der Waals surface area contributed by atoms with E-state index in [1.807, 2.05) is 39.0 Å². The molecule has 1 atom stereocenters. The SMILES string of the molecule is CC[C@@H](Oc1cc(C)cc(C)c1)C(=O)Nc1ccc(Br)cc1F. The number of benzene rings is 2. The summed E-state index contributed by atoms with van der Waals surface area (Å²) in [4.78, 5) is 12.3. The Hall–Kier alpha value is -1.88. The second kappa shape index (κ2) is 7.59. The highest BCUT2D eigenvalue weighted by Gasteiger charge is 2.20. The number of rotatable bonds is 5. The molecule has 2 rings (SSSR count). The Kier molecular flexibility index (Phi) is 5.77. The van der Waals surface area contributed by atoms with Crippen molar-refractivity contribution in [2.45, 2.75) is 33.3 Å². The van der Waals surface area contributed by atoms with Crippen LogP contribution in [-0.2, 0) is 4.79 Å².